The smallest absolute Gasteiger partial charge is 0.273 e. The standard InChI is InChI=1S/C22H25N3O3S/c1-6-11-23-21(29)19(24-12-9-17(10-13-24)22(3,4)5)20(26)16-8-7-15(2)18(14-16)25(27)28/h6-10,12-14,19H,1,11H2,2-5H3/p+1/t19-/m1/s1. The molecule has 0 fully saturated rings. The Bertz CT molecular complexity index is 947. The lowest BCUT2D eigenvalue weighted by Crippen LogP contribution is -2.51. The van der Waals surface area contributed by atoms with Crippen molar-refractivity contribution in [1.82, 2.24) is 5.32 Å². The molecule has 6 nitrogen and oxygen atoms in total. The SMILES string of the molecule is C=CCNC(=S)[C@@H](C(=O)c1ccc(C)c([N+](=O)[O-])c1)[n+]1ccc(C(C)(C)C)cc1. The molecule has 0 bridgehead atoms. The molecule has 0 radical (unpaired) electrons. The van der Waals surface area contributed by atoms with Crippen LogP contribution in [0.3, 0.4) is 0 Å². The van der Waals surface area contributed by atoms with E-state index in [0.29, 0.717) is 17.1 Å². The molecule has 0 saturated heterocycles. The largest absolute Gasteiger partial charge is 0.370 e. The Morgan fingerprint density at radius 2 is 1.93 bits per heavy atom. The topological polar surface area (TPSA) is 76.1 Å². The molecule has 0 aliphatic rings. The van der Waals surface area contributed by atoms with E-state index in [1.165, 1.54) is 6.07 Å². The number of carbonyl (C=O) groups excluding carboxylic acids is 1. The van der Waals surface area contributed by atoms with E-state index in [0.717, 1.165) is 5.56 Å². The number of nitrogens with zero attached hydrogens (tertiary/aromatic N) is 2. The molecule has 0 spiro atoms. The molecule has 152 valence electrons. The summed E-state index contributed by atoms with van der Waals surface area (Å²) >= 11 is 5.48. The van der Waals surface area contributed by atoms with E-state index in [1.807, 2.05) is 24.5 Å². The first-order valence-corrected chi connectivity index (χ1v) is 9.66. The summed E-state index contributed by atoms with van der Waals surface area (Å²) in [7, 11) is 0. The van der Waals surface area contributed by atoms with Gasteiger partial charge in [-0.1, -0.05) is 51.2 Å². The molecule has 1 heterocycles. The van der Waals surface area contributed by atoms with Gasteiger partial charge in [0, 0.05) is 35.9 Å². The summed E-state index contributed by atoms with van der Waals surface area (Å²) in [6, 6.07) is 7.57. The number of rotatable bonds is 7. The van der Waals surface area contributed by atoms with Crippen molar-refractivity contribution >= 4 is 28.7 Å². The maximum absolute atomic E-state index is 13.3. The van der Waals surface area contributed by atoms with Crippen LogP contribution in [-0.2, 0) is 5.41 Å². The fourth-order valence-electron chi connectivity index (χ4n) is 2.89. The van der Waals surface area contributed by atoms with Gasteiger partial charge in [-0.15, -0.1) is 6.58 Å². The van der Waals surface area contributed by atoms with Crippen molar-refractivity contribution in [2.24, 2.45) is 0 Å². The summed E-state index contributed by atoms with van der Waals surface area (Å²) < 4.78 is 1.72. The number of nitrogens with one attached hydrogen (secondary N) is 1. The van der Waals surface area contributed by atoms with E-state index in [9.17, 15) is 14.9 Å². The third-order valence-corrected chi connectivity index (χ3v) is 4.99. The number of aryl methyl sites for hydroxylation is 1. The van der Waals surface area contributed by atoms with Gasteiger partial charge in [0.05, 0.1) is 4.92 Å². The van der Waals surface area contributed by atoms with E-state index in [4.69, 9.17) is 12.2 Å². The van der Waals surface area contributed by atoms with Crippen LogP contribution < -0.4 is 9.88 Å². The van der Waals surface area contributed by atoms with Gasteiger partial charge in [-0.2, -0.15) is 4.57 Å². The molecule has 1 atom stereocenters. The lowest BCUT2D eigenvalue weighted by atomic mass is 9.88. The van der Waals surface area contributed by atoms with Gasteiger partial charge >= 0.3 is 0 Å². The fourth-order valence-corrected chi connectivity index (χ4v) is 3.20. The van der Waals surface area contributed by atoms with Gasteiger partial charge in [-0.3, -0.25) is 14.9 Å². The van der Waals surface area contributed by atoms with E-state index in [-0.39, 0.29) is 22.4 Å². The van der Waals surface area contributed by atoms with E-state index in [1.54, 1.807) is 29.7 Å². The Balaban J connectivity index is 2.49. The quantitative estimate of drug-likeness (QED) is 0.186. The van der Waals surface area contributed by atoms with Gasteiger partial charge in [-0.05, 0) is 17.9 Å². The predicted octanol–water partition coefficient (Wildman–Crippen LogP) is 4.02. The maximum atomic E-state index is 13.3. The molecule has 1 aromatic carbocycles. The lowest BCUT2D eigenvalue weighted by molar-refractivity contribution is -0.692. The molecular weight excluding hydrogens is 386 g/mol. The number of aromatic nitrogens is 1. The minimum Gasteiger partial charge on any atom is -0.370 e. The number of nitro benzene ring substituents is 1. The second-order valence-corrected chi connectivity index (χ2v) is 8.28. The van der Waals surface area contributed by atoms with E-state index >= 15 is 0 Å². The summed E-state index contributed by atoms with van der Waals surface area (Å²) in [5.74, 6) is -0.317. The molecule has 0 aliphatic heterocycles. The Morgan fingerprint density at radius 1 is 1.31 bits per heavy atom. The molecule has 1 aromatic heterocycles. The molecule has 2 rings (SSSR count). The highest BCUT2D eigenvalue weighted by Crippen LogP contribution is 2.23. The van der Waals surface area contributed by atoms with Crippen molar-refractivity contribution in [1.29, 1.82) is 0 Å². The number of benzene rings is 1. The van der Waals surface area contributed by atoms with E-state index in [2.05, 4.69) is 32.7 Å². The molecule has 2 aromatic rings. The summed E-state index contributed by atoms with van der Waals surface area (Å²) in [5.41, 5.74) is 1.74. The van der Waals surface area contributed by atoms with Crippen molar-refractivity contribution in [3.63, 3.8) is 0 Å². The van der Waals surface area contributed by atoms with Gasteiger partial charge in [0.25, 0.3) is 11.7 Å². The van der Waals surface area contributed by atoms with Crippen molar-refractivity contribution in [2.45, 2.75) is 39.2 Å². The van der Waals surface area contributed by atoms with Crippen LogP contribution in [0.5, 0.6) is 0 Å². The summed E-state index contributed by atoms with van der Waals surface area (Å²) in [5, 5.41) is 14.3. The molecule has 0 amide bonds. The third-order valence-electron chi connectivity index (χ3n) is 4.62. The highest BCUT2D eigenvalue weighted by Gasteiger charge is 2.34. The number of hydrogen-bond acceptors (Lipinski definition) is 4. The number of nitro groups is 1. The average molecular weight is 413 g/mol. The van der Waals surface area contributed by atoms with Gasteiger partial charge < -0.3 is 5.32 Å². The average Bonchev–Trinajstić information content (AvgIpc) is 2.66. The second kappa shape index (κ2) is 9.05. The minimum absolute atomic E-state index is 0.0300. The van der Waals surface area contributed by atoms with Crippen LogP contribution >= 0.6 is 12.2 Å². The highest BCUT2D eigenvalue weighted by molar-refractivity contribution is 7.80. The Kier molecular flexibility index (Phi) is 6.97. The van der Waals surface area contributed by atoms with Crippen molar-refractivity contribution < 1.29 is 14.3 Å². The monoisotopic (exact) mass is 412 g/mol. The number of pyridine rings is 1. The van der Waals surface area contributed by atoms with Crippen LogP contribution in [-0.4, -0.2) is 22.2 Å². The molecular formula is C22H26N3O3S+. The fraction of sp³-hybridized carbons (Fsp3) is 0.318. The molecule has 29 heavy (non-hydrogen) atoms. The zero-order valence-corrected chi connectivity index (χ0v) is 18.0. The van der Waals surface area contributed by atoms with Gasteiger partial charge in [-0.25, -0.2) is 0 Å². The zero-order chi connectivity index (χ0) is 21.8. The van der Waals surface area contributed by atoms with Crippen LogP contribution in [0.15, 0.2) is 55.4 Å². The first-order valence-electron chi connectivity index (χ1n) is 9.25. The van der Waals surface area contributed by atoms with Crippen LogP contribution in [0.2, 0.25) is 0 Å². The first kappa shape index (κ1) is 22.4. The third kappa shape index (κ3) is 5.32. The van der Waals surface area contributed by atoms with Crippen molar-refractivity contribution in [3.8, 4) is 0 Å². The summed E-state index contributed by atoms with van der Waals surface area (Å²) in [4.78, 5) is 24.4. The number of Topliss-reactive ketones (excluding diaryl/α,β-unsaturated/α-hetero) is 1. The molecule has 0 aliphatic carbocycles. The number of carbonyl (C=O) groups is 1. The number of thiocarbonyl (C=S) groups is 1. The van der Waals surface area contributed by atoms with Crippen LogP contribution in [0.25, 0.3) is 0 Å². The summed E-state index contributed by atoms with van der Waals surface area (Å²) in [6.07, 6.45) is 5.28. The number of ketones is 1. The maximum Gasteiger partial charge on any atom is 0.273 e. The van der Waals surface area contributed by atoms with Crippen molar-refractivity contribution in [2.75, 3.05) is 6.54 Å². The van der Waals surface area contributed by atoms with Crippen LogP contribution in [0.4, 0.5) is 5.69 Å². The zero-order valence-electron chi connectivity index (χ0n) is 17.1. The van der Waals surface area contributed by atoms with Gasteiger partial charge in [0.15, 0.2) is 17.4 Å². The Hall–Kier alpha value is -2.93. The molecule has 0 saturated carbocycles. The lowest BCUT2D eigenvalue weighted by Gasteiger charge is -2.19. The Labute approximate surface area is 176 Å². The minimum atomic E-state index is -0.818. The van der Waals surface area contributed by atoms with E-state index < -0.39 is 11.0 Å². The molecule has 7 heteroatoms. The highest BCUT2D eigenvalue weighted by atomic mass is 32.1. The van der Waals surface area contributed by atoms with Crippen LogP contribution in [0, 0.1) is 17.0 Å². The predicted molar refractivity (Wildman–Crippen MR) is 117 cm³/mol. The van der Waals surface area contributed by atoms with Crippen LogP contribution in [0.1, 0.15) is 48.3 Å². The normalized spacial score (nSPS) is 12.1. The molecule has 1 N–H and O–H groups in total. The van der Waals surface area contributed by atoms with Crippen molar-refractivity contribution in [3.05, 3.63) is 82.2 Å². The second-order valence-electron chi connectivity index (χ2n) is 7.84. The van der Waals surface area contributed by atoms with Gasteiger partial charge in [0.2, 0.25) is 5.78 Å². The summed E-state index contributed by atoms with van der Waals surface area (Å²) in [6.45, 7) is 12.0. The Morgan fingerprint density at radius 3 is 2.45 bits per heavy atom. The van der Waals surface area contributed by atoms with Gasteiger partial charge in [0.1, 0.15) is 0 Å². The first-order chi connectivity index (χ1) is 13.6. The number of hydrogen-bond donors (Lipinski definition) is 1. The molecule has 0 unspecified atom stereocenters.